The molecule has 0 amide bonds. The second-order valence-electron chi connectivity index (χ2n) is 6.43. The lowest BCUT2D eigenvalue weighted by atomic mass is 9.53. The van der Waals surface area contributed by atoms with E-state index in [1.807, 2.05) is 42.5 Å². The lowest BCUT2D eigenvalue weighted by Crippen LogP contribution is -2.65. The van der Waals surface area contributed by atoms with E-state index < -0.39 is 11.2 Å². The van der Waals surface area contributed by atoms with Crippen molar-refractivity contribution in [3.63, 3.8) is 0 Å². The molecule has 24 heavy (non-hydrogen) atoms. The molecule has 1 aromatic rings. The van der Waals surface area contributed by atoms with Gasteiger partial charge in [-0.1, -0.05) is 48.6 Å². The zero-order valence-electron chi connectivity index (χ0n) is 14.2. The Kier molecular flexibility index (Phi) is 4.28. The number of hydrogen-bond acceptors (Lipinski definition) is 4. The van der Waals surface area contributed by atoms with Crippen molar-refractivity contribution in [3.8, 4) is 0 Å². The zero-order valence-corrected chi connectivity index (χ0v) is 14.2. The lowest BCUT2D eigenvalue weighted by Gasteiger charge is -2.56. The van der Waals surface area contributed by atoms with E-state index in [2.05, 4.69) is 0 Å². The molecule has 3 unspecified atom stereocenters. The summed E-state index contributed by atoms with van der Waals surface area (Å²) in [5, 5.41) is 0. The summed E-state index contributed by atoms with van der Waals surface area (Å²) in [4.78, 5) is 24.6. The Balaban J connectivity index is 2.24. The Labute approximate surface area is 142 Å². The van der Waals surface area contributed by atoms with Crippen LogP contribution in [-0.4, -0.2) is 31.6 Å². The van der Waals surface area contributed by atoms with Crippen molar-refractivity contribution in [2.24, 2.45) is 11.3 Å². The van der Waals surface area contributed by atoms with E-state index in [0.29, 0.717) is 6.42 Å². The van der Waals surface area contributed by atoms with Gasteiger partial charge in [0.05, 0.1) is 5.41 Å². The Morgan fingerprint density at radius 2 is 1.88 bits per heavy atom. The topological polar surface area (TPSA) is 52.6 Å². The maximum absolute atomic E-state index is 13.0. The highest BCUT2D eigenvalue weighted by Gasteiger charge is 2.66. The number of hydrogen-bond donors (Lipinski definition) is 0. The van der Waals surface area contributed by atoms with Crippen molar-refractivity contribution in [3.05, 3.63) is 60.2 Å². The molecule has 0 N–H and O–H groups in total. The van der Waals surface area contributed by atoms with Crippen molar-refractivity contribution in [2.45, 2.75) is 25.0 Å². The van der Waals surface area contributed by atoms with Crippen LogP contribution in [-0.2, 0) is 19.1 Å². The number of allylic oxidation sites excluding steroid dienone is 2. The number of ketones is 2. The van der Waals surface area contributed by atoms with E-state index in [1.165, 1.54) is 27.2 Å². The maximum Gasteiger partial charge on any atom is 0.242 e. The SMILES string of the molecule is COC1(OC)C(=O)C2C=CC1(/C=C/C(C)=O)C(c1ccccc1)C2. The molecule has 3 aliphatic carbocycles. The normalized spacial score (nSPS) is 30.9. The van der Waals surface area contributed by atoms with Crippen LogP contribution >= 0.6 is 0 Å². The third-order valence-corrected chi connectivity index (χ3v) is 5.27. The number of benzene rings is 1. The van der Waals surface area contributed by atoms with E-state index >= 15 is 0 Å². The van der Waals surface area contributed by atoms with E-state index in [0.717, 1.165) is 5.56 Å². The standard InChI is InChI=1S/C20H22O4/c1-14(21)9-11-19-12-10-16(18(22)20(19,23-2)24-3)13-17(19)15-7-5-4-6-8-15/h4-12,16-17H,13H2,1-3H3/b11-9+. The fourth-order valence-corrected chi connectivity index (χ4v) is 4.18. The summed E-state index contributed by atoms with van der Waals surface area (Å²) in [5.41, 5.74) is 0.251. The molecule has 4 rings (SSSR count). The molecule has 3 atom stereocenters. The average Bonchev–Trinajstić information content (AvgIpc) is 2.62. The largest absolute Gasteiger partial charge is 0.346 e. The molecule has 1 aromatic carbocycles. The van der Waals surface area contributed by atoms with Crippen molar-refractivity contribution in [2.75, 3.05) is 14.2 Å². The van der Waals surface area contributed by atoms with Gasteiger partial charge in [-0.3, -0.25) is 9.59 Å². The van der Waals surface area contributed by atoms with Crippen LogP contribution in [0.15, 0.2) is 54.6 Å². The van der Waals surface area contributed by atoms with Gasteiger partial charge in [0.1, 0.15) is 0 Å². The van der Waals surface area contributed by atoms with E-state index in [1.54, 1.807) is 6.08 Å². The predicted octanol–water partition coefficient (Wildman–Crippen LogP) is 3.05. The molecule has 3 aliphatic rings. The maximum atomic E-state index is 13.0. The summed E-state index contributed by atoms with van der Waals surface area (Å²) in [6, 6.07) is 10.0. The van der Waals surface area contributed by atoms with Gasteiger partial charge in [-0.25, -0.2) is 0 Å². The van der Waals surface area contributed by atoms with Crippen molar-refractivity contribution < 1.29 is 19.1 Å². The second kappa shape index (κ2) is 6.11. The van der Waals surface area contributed by atoms with Gasteiger partial charge in [-0.05, 0) is 25.0 Å². The number of methoxy groups -OCH3 is 2. The minimum Gasteiger partial charge on any atom is -0.346 e. The summed E-state index contributed by atoms with van der Waals surface area (Å²) in [5.74, 6) is -1.84. The highest BCUT2D eigenvalue weighted by atomic mass is 16.7. The quantitative estimate of drug-likeness (QED) is 0.474. The fourth-order valence-electron chi connectivity index (χ4n) is 4.18. The lowest BCUT2D eigenvalue weighted by molar-refractivity contribution is -0.256. The van der Waals surface area contributed by atoms with Gasteiger partial charge in [0, 0.05) is 26.1 Å². The first-order valence-corrected chi connectivity index (χ1v) is 8.09. The molecule has 2 bridgehead atoms. The summed E-state index contributed by atoms with van der Waals surface area (Å²) in [7, 11) is 2.97. The van der Waals surface area contributed by atoms with E-state index in [9.17, 15) is 9.59 Å². The number of carbonyl (C=O) groups is 2. The number of rotatable bonds is 5. The monoisotopic (exact) mass is 326 g/mol. The highest BCUT2D eigenvalue weighted by molar-refractivity contribution is 5.95. The average molecular weight is 326 g/mol. The van der Waals surface area contributed by atoms with Crippen LogP contribution in [0.1, 0.15) is 24.8 Å². The van der Waals surface area contributed by atoms with Crippen molar-refractivity contribution >= 4 is 11.6 Å². The molecular formula is C20H22O4. The minimum atomic E-state index is -1.42. The first kappa shape index (κ1) is 16.8. The van der Waals surface area contributed by atoms with Crippen LogP contribution in [0.4, 0.5) is 0 Å². The molecule has 0 spiro atoms. The molecule has 4 heteroatoms. The summed E-state index contributed by atoms with van der Waals surface area (Å²) < 4.78 is 11.4. The van der Waals surface area contributed by atoms with Crippen LogP contribution in [0, 0.1) is 11.3 Å². The molecule has 1 fully saturated rings. The Bertz CT molecular complexity index is 700. The molecule has 126 valence electrons. The Hall–Kier alpha value is -2.04. The second-order valence-corrected chi connectivity index (χ2v) is 6.43. The van der Waals surface area contributed by atoms with Gasteiger partial charge in [0.2, 0.25) is 5.79 Å². The Morgan fingerprint density at radius 3 is 2.46 bits per heavy atom. The minimum absolute atomic E-state index is 0.0121. The molecular weight excluding hydrogens is 304 g/mol. The number of carbonyl (C=O) groups excluding carboxylic acids is 2. The number of Topliss-reactive ketones (excluding diaryl/α,β-unsaturated/α-hetero) is 1. The molecule has 0 saturated heterocycles. The van der Waals surface area contributed by atoms with Crippen LogP contribution in [0.2, 0.25) is 0 Å². The first-order valence-electron chi connectivity index (χ1n) is 8.09. The van der Waals surface area contributed by atoms with Crippen LogP contribution < -0.4 is 0 Å². The smallest absolute Gasteiger partial charge is 0.242 e. The van der Waals surface area contributed by atoms with E-state index in [4.69, 9.17) is 9.47 Å². The van der Waals surface area contributed by atoms with Crippen molar-refractivity contribution in [1.82, 2.24) is 0 Å². The molecule has 1 saturated carbocycles. The third-order valence-electron chi connectivity index (χ3n) is 5.27. The first-order chi connectivity index (χ1) is 11.5. The summed E-state index contributed by atoms with van der Waals surface area (Å²) in [6.07, 6.45) is 7.86. The zero-order chi connectivity index (χ0) is 17.4. The van der Waals surface area contributed by atoms with Crippen LogP contribution in [0.5, 0.6) is 0 Å². The number of fused-ring (bicyclic) bond motifs is 2. The molecule has 0 radical (unpaired) electrons. The fraction of sp³-hybridized carbons (Fsp3) is 0.400. The summed E-state index contributed by atoms with van der Waals surface area (Å²) in [6.45, 7) is 1.49. The van der Waals surface area contributed by atoms with Gasteiger partial charge < -0.3 is 9.47 Å². The number of ether oxygens (including phenoxy) is 2. The van der Waals surface area contributed by atoms with Crippen LogP contribution in [0.25, 0.3) is 0 Å². The van der Waals surface area contributed by atoms with Gasteiger partial charge in [0.15, 0.2) is 11.6 Å². The molecule has 4 nitrogen and oxygen atoms in total. The molecule has 0 heterocycles. The molecule has 0 aliphatic heterocycles. The van der Waals surface area contributed by atoms with Gasteiger partial charge >= 0.3 is 0 Å². The highest BCUT2D eigenvalue weighted by Crippen LogP contribution is 2.60. The predicted molar refractivity (Wildman–Crippen MR) is 90.4 cm³/mol. The molecule has 0 aromatic heterocycles. The van der Waals surface area contributed by atoms with Crippen LogP contribution in [0.3, 0.4) is 0 Å². The van der Waals surface area contributed by atoms with Crippen molar-refractivity contribution in [1.29, 1.82) is 0 Å². The summed E-state index contributed by atoms with van der Waals surface area (Å²) >= 11 is 0. The van der Waals surface area contributed by atoms with Gasteiger partial charge in [0.25, 0.3) is 0 Å². The third kappa shape index (κ3) is 2.21. The van der Waals surface area contributed by atoms with E-state index in [-0.39, 0.29) is 23.4 Å². The Morgan fingerprint density at radius 1 is 1.21 bits per heavy atom. The van der Waals surface area contributed by atoms with Gasteiger partial charge in [-0.15, -0.1) is 0 Å². The van der Waals surface area contributed by atoms with Gasteiger partial charge in [-0.2, -0.15) is 0 Å².